The van der Waals surface area contributed by atoms with Gasteiger partial charge >= 0.3 is 5.97 Å². The van der Waals surface area contributed by atoms with Crippen molar-refractivity contribution in [3.8, 4) is 0 Å². The van der Waals surface area contributed by atoms with E-state index in [2.05, 4.69) is 38.2 Å². The maximum absolute atomic E-state index is 13.3. The molecule has 0 aliphatic rings. The Morgan fingerprint density at radius 2 is 0.696 bits per heavy atom. The van der Waals surface area contributed by atoms with Gasteiger partial charge in [-0.15, -0.1) is 0 Å². The molecule has 0 aromatic rings. The van der Waals surface area contributed by atoms with Gasteiger partial charge in [0.1, 0.15) is 6.10 Å². The Kier molecular flexibility index (Phi) is 56.3. The van der Waals surface area contributed by atoms with Crippen molar-refractivity contribution >= 4 is 11.9 Å². The van der Waals surface area contributed by atoms with E-state index in [4.69, 9.17) is 4.74 Å². The molecule has 0 aliphatic carbocycles. The lowest BCUT2D eigenvalue weighted by molar-refractivity contribution is -0.151. The molecule has 3 N–H and O–H groups in total. The minimum absolute atomic E-state index is 0.0854. The summed E-state index contributed by atoms with van der Waals surface area (Å²) in [7, 11) is 0. The van der Waals surface area contributed by atoms with E-state index in [0.29, 0.717) is 19.3 Å². The van der Waals surface area contributed by atoms with Gasteiger partial charge < -0.3 is 20.3 Å². The van der Waals surface area contributed by atoms with E-state index in [0.717, 1.165) is 44.9 Å². The van der Waals surface area contributed by atoms with Gasteiger partial charge in [-0.1, -0.05) is 303 Å². The molecule has 6 heteroatoms. The number of carbonyl (C=O) groups excluding carboxylic acids is 2. The van der Waals surface area contributed by atoms with Crippen molar-refractivity contribution in [1.29, 1.82) is 0 Å². The lowest BCUT2D eigenvalue weighted by Gasteiger charge is -2.24. The number of amides is 1. The molecule has 1 amide bonds. The van der Waals surface area contributed by atoms with E-state index in [1.165, 1.54) is 263 Å². The first-order valence-corrected chi connectivity index (χ1v) is 31.4. The fourth-order valence-electron chi connectivity index (χ4n) is 10.1. The van der Waals surface area contributed by atoms with Crippen molar-refractivity contribution in [2.45, 2.75) is 373 Å². The third-order valence-electron chi connectivity index (χ3n) is 14.8. The van der Waals surface area contributed by atoms with Crippen LogP contribution in [0.3, 0.4) is 0 Å². The molecular weight excluding hydrogens is 851 g/mol. The van der Waals surface area contributed by atoms with Crippen LogP contribution >= 0.6 is 0 Å². The number of nitrogens with one attached hydrogen (secondary N) is 1. The van der Waals surface area contributed by atoms with Crippen LogP contribution in [0.1, 0.15) is 355 Å². The Morgan fingerprint density at radius 3 is 1.03 bits per heavy atom. The quantitative estimate of drug-likeness (QED) is 0.0321. The topological polar surface area (TPSA) is 95.9 Å². The Bertz CT molecular complexity index is 1050. The number of esters is 1. The van der Waals surface area contributed by atoms with Crippen LogP contribution in [0.2, 0.25) is 0 Å². The average Bonchev–Trinajstić information content (AvgIpc) is 3.34. The van der Waals surface area contributed by atoms with E-state index in [-0.39, 0.29) is 24.9 Å². The average molecular weight is 975 g/mol. The molecular formula is C63H123NO5. The molecule has 0 heterocycles. The number of aliphatic hydroxyl groups is 2. The fourth-order valence-corrected chi connectivity index (χ4v) is 10.1. The second-order valence-electron chi connectivity index (χ2n) is 21.8. The Hall–Kier alpha value is -1.40. The van der Waals surface area contributed by atoms with E-state index in [1.54, 1.807) is 0 Å². The maximum Gasteiger partial charge on any atom is 0.306 e. The molecule has 0 aromatic carbocycles. The monoisotopic (exact) mass is 974 g/mol. The molecule has 0 spiro atoms. The number of hydrogen-bond acceptors (Lipinski definition) is 5. The van der Waals surface area contributed by atoms with Crippen LogP contribution in [0.25, 0.3) is 0 Å². The van der Waals surface area contributed by atoms with Crippen LogP contribution in [0, 0.1) is 0 Å². The molecule has 3 unspecified atom stereocenters. The summed E-state index contributed by atoms with van der Waals surface area (Å²) in [5, 5.41) is 24.0. The normalized spacial score (nSPS) is 13.1. The van der Waals surface area contributed by atoms with Gasteiger partial charge in [0.05, 0.1) is 25.2 Å². The zero-order chi connectivity index (χ0) is 50.2. The molecule has 0 aliphatic heterocycles. The van der Waals surface area contributed by atoms with Crippen molar-refractivity contribution in [3.63, 3.8) is 0 Å². The van der Waals surface area contributed by atoms with E-state index < -0.39 is 18.2 Å². The molecule has 6 nitrogen and oxygen atoms in total. The highest BCUT2D eigenvalue weighted by atomic mass is 16.5. The predicted octanol–water partition coefficient (Wildman–Crippen LogP) is 19.6. The first-order valence-electron chi connectivity index (χ1n) is 31.4. The number of hydrogen-bond donors (Lipinski definition) is 3. The van der Waals surface area contributed by atoms with Crippen LogP contribution in [0.4, 0.5) is 0 Å². The van der Waals surface area contributed by atoms with Crippen LogP contribution < -0.4 is 5.32 Å². The van der Waals surface area contributed by atoms with Gasteiger partial charge in [0.2, 0.25) is 5.91 Å². The van der Waals surface area contributed by atoms with Gasteiger partial charge in [0, 0.05) is 6.42 Å². The van der Waals surface area contributed by atoms with Gasteiger partial charge in [0.25, 0.3) is 0 Å². The Balaban J connectivity index is 4.47. The second kappa shape index (κ2) is 57.5. The molecule has 0 bridgehead atoms. The van der Waals surface area contributed by atoms with Crippen LogP contribution in [-0.2, 0) is 14.3 Å². The molecule has 0 aromatic heterocycles. The van der Waals surface area contributed by atoms with Gasteiger partial charge in [0.15, 0.2) is 0 Å². The van der Waals surface area contributed by atoms with E-state index in [9.17, 15) is 19.8 Å². The third kappa shape index (κ3) is 52.7. The van der Waals surface area contributed by atoms with Crippen LogP contribution in [0.15, 0.2) is 12.2 Å². The van der Waals surface area contributed by atoms with Crippen molar-refractivity contribution in [3.05, 3.63) is 12.2 Å². The summed E-state index contributed by atoms with van der Waals surface area (Å²) in [4.78, 5) is 26.4. The number of allylic oxidation sites excluding steroid dienone is 2. The Morgan fingerprint density at radius 1 is 0.406 bits per heavy atom. The molecule has 0 saturated heterocycles. The Labute approximate surface area is 431 Å². The van der Waals surface area contributed by atoms with Gasteiger partial charge in [-0.3, -0.25) is 9.59 Å². The highest BCUT2D eigenvalue weighted by molar-refractivity contribution is 5.77. The van der Waals surface area contributed by atoms with Crippen molar-refractivity contribution < 1.29 is 24.5 Å². The lowest BCUT2D eigenvalue weighted by atomic mass is 10.0. The van der Waals surface area contributed by atoms with Gasteiger partial charge in [-0.2, -0.15) is 0 Å². The summed E-state index contributed by atoms with van der Waals surface area (Å²) in [5.41, 5.74) is 0. The number of unbranched alkanes of at least 4 members (excludes halogenated alkanes) is 44. The fraction of sp³-hybridized carbons (Fsp3) is 0.937. The minimum Gasteiger partial charge on any atom is -0.462 e. The zero-order valence-electron chi connectivity index (χ0n) is 47.0. The van der Waals surface area contributed by atoms with Crippen molar-refractivity contribution in [2.24, 2.45) is 0 Å². The van der Waals surface area contributed by atoms with Gasteiger partial charge in [-0.25, -0.2) is 0 Å². The first-order chi connectivity index (χ1) is 34.0. The van der Waals surface area contributed by atoms with Crippen molar-refractivity contribution in [1.82, 2.24) is 5.32 Å². The summed E-state index contributed by atoms with van der Waals surface area (Å²) in [5.74, 6) is -0.448. The lowest BCUT2D eigenvalue weighted by Crippen LogP contribution is -2.46. The number of carbonyl (C=O) groups is 2. The zero-order valence-corrected chi connectivity index (χ0v) is 47.0. The van der Waals surface area contributed by atoms with E-state index in [1.807, 2.05) is 0 Å². The standard InChI is InChI=1S/C63H123NO5/c1-4-7-10-13-16-19-22-25-28-30-31-32-35-38-41-44-47-50-53-56-63(68)69-59(54-51-48-45-42-39-36-33-27-24-21-18-15-12-9-6-3)57-62(67)64-60(58-65)61(66)55-52-49-46-43-40-37-34-29-26-23-20-17-14-11-8-5-2/h25,28,59-61,65-66H,4-24,26-27,29-58H2,1-3H3,(H,64,67)/b28-25+. The minimum atomic E-state index is -0.783. The van der Waals surface area contributed by atoms with Crippen LogP contribution in [-0.4, -0.2) is 46.9 Å². The second-order valence-corrected chi connectivity index (χ2v) is 21.8. The maximum atomic E-state index is 13.3. The number of rotatable bonds is 58. The summed E-state index contributed by atoms with van der Waals surface area (Å²) in [6.45, 7) is 6.54. The van der Waals surface area contributed by atoms with Gasteiger partial charge in [-0.05, 0) is 51.4 Å². The molecule has 3 atom stereocenters. The number of aliphatic hydroxyl groups excluding tert-OH is 2. The first kappa shape index (κ1) is 67.6. The molecule has 0 radical (unpaired) electrons. The third-order valence-corrected chi connectivity index (χ3v) is 14.8. The smallest absolute Gasteiger partial charge is 0.306 e. The van der Waals surface area contributed by atoms with Crippen LogP contribution in [0.5, 0.6) is 0 Å². The highest BCUT2D eigenvalue weighted by Gasteiger charge is 2.24. The molecule has 410 valence electrons. The summed E-state index contributed by atoms with van der Waals surface area (Å²) in [6, 6.07) is -0.697. The predicted molar refractivity (Wildman–Crippen MR) is 301 cm³/mol. The summed E-state index contributed by atoms with van der Waals surface area (Å²) in [6.07, 6.45) is 67.1. The molecule has 0 rings (SSSR count). The summed E-state index contributed by atoms with van der Waals surface area (Å²) < 4.78 is 5.99. The highest BCUT2D eigenvalue weighted by Crippen LogP contribution is 2.20. The molecule has 69 heavy (non-hydrogen) atoms. The summed E-state index contributed by atoms with van der Waals surface area (Å²) >= 11 is 0. The van der Waals surface area contributed by atoms with E-state index >= 15 is 0 Å². The van der Waals surface area contributed by atoms with Crippen molar-refractivity contribution in [2.75, 3.05) is 6.61 Å². The SMILES string of the molecule is CCCCCCCC/C=C/CCCCCCCCCCCC(=O)OC(CCCCCCCCCCCCCCCCC)CC(=O)NC(CO)C(O)CCCCCCCCCCCCCCCCCC. The molecule has 0 fully saturated rings. The largest absolute Gasteiger partial charge is 0.462 e. The number of ether oxygens (including phenoxy) is 1. The molecule has 0 saturated carbocycles.